The van der Waals surface area contributed by atoms with E-state index in [0.717, 1.165) is 19.5 Å². The van der Waals surface area contributed by atoms with Crippen molar-refractivity contribution in [2.45, 2.75) is 12.5 Å². The number of nitrogens with zero attached hydrogens (tertiary/aromatic N) is 1. The Hall–Kier alpha value is -1.52. The summed E-state index contributed by atoms with van der Waals surface area (Å²) in [7, 11) is 0. The summed E-state index contributed by atoms with van der Waals surface area (Å²) in [4.78, 5) is 4.22. The first-order valence-corrected chi connectivity index (χ1v) is 6.73. The van der Waals surface area contributed by atoms with E-state index < -0.39 is 0 Å². The van der Waals surface area contributed by atoms with Crippen LogP contribution < -0.4 is 10.1 Å². The molecular formula is C14H15ClN2O2. The molecule has 1 saturated heterocycles. The quantitative estimate of drug-likeness (QED) is 0.934. The van der Waals surface area contributed by atoms with Gasteiger partial charge in [0.15, 0.2) is 6.10 Å². The maximum absolute atomic E-state index is 6.14. The summed E-state index contributed by atoms with van der Waals surface area (Å²) in [6.07, 6.45) is 4.05. The van der Waals surface area contributed by atoms with Crippen molar-refractivity contribution in [3.8, 4) is 5.75 Å². The van der Waals surface area contributed by atoms with E-state index in [1.807, 2.05) is 24.3 Å². The Labute approximate surface area is 116 Å². The van der Waals surface area contributed by atoms with Gasteiger partial charge in [-0.15, -0.1) is 0 Å². The van der Waals surface area contributed by atoms with Gasteiger partial charge in [-0.3, -0.25) is 0 Å². The topological polar surface area (TPSA) is 47.3 Å². The van der Waals surface area contributed by atoms with Crippen LogP contribution in [0.1, 0.15) is 18.4 Å². The van der Waals surface area contributed by atoms with Crippen molar-refractivity contribution in [3.63, 3.8) is 0 Å². The number of ether oxygens (including phenoxy) is 1. The molecule has 2 aromatic rings. The lowest BCUT2D eigenvalue weighted by Crippen LogP contribution is -2.21. The normalized spacial score (nSPS) is 20.4. The Morgan fingerprint density at radius 3 is 3.00 bits per heavy atom. The Bertz CT molecular complexity index is 524. The molecule has 1 aliphatic heterocycles. The molecule has 0 bridgehead atoms. The number of rotatable bonds is 4. The van der Waals surface area contributed by atoms with Gasteiger partial charge in [0, 0.05) is 12.5 Å². The van der Waals surface area contributed by atoms with E-state index in [4.69, 9.17) is 20.8 Å². The van der Waals surface area contributed by atoms with Gasteiger partial charge in [-0.1, -0.05) is 23.7 Å². The molecule has 2 heterocycles. The SMILES string of the molecule is Clc1ccccc1OC(c1ncco1)C1CCNC1. The number of hydrogen-bond donors (Lipinski definition) is 1. The molecule has 19 heavy (non-hydrogen) atoms. The van der Waals surface area contributed by atoms with Crippen LogP contribution in [0.4, 0.5) is 0 Å². The van der Waals surface area contributed by atoms with E-state index in [-0.39, 0.29) is 6.10 Å². The number of halogens is 1. The second-order valence-electron chi connectivity index (χ2n) is 4.59. The van der Waals surface area contributed by atoms with Crippen LogP contribution in [-0.2, 0) is 0 Å². The van der Waals surface area contributed by atoms with Gasteiger partial charge in [-0.25, -0.2) is 4.98 Å². The van der Waals surface area contributed by atoms with Crippen molar-refractivity contribution in [1.82, 2.24) is 10.3 Å². The zero-order chi connectivity index (χ0) is 13.1. The van der Waals surface area contributed by atoms with Crippen LogP contribution >= 0.6 is 11.6 Å². The molecule has 5 heteroatoms. The fraction of sp³-hybridized carbons (Fsp3) is 0.357. The van der Waals surface area contributed by atoms with Gasteiger partial charge in [0.2, 0.25) is 5.89 Å². The highest BCUT2D eigenvalue weighted by atomic mass is 35.5. The highest BCUT2D eigenvalue weighted by Crippen LogP contribution is 2.34. The maximum atomic E-state index is 6.14. The standard InChI is InChI=1S/C14H15ClN2O2/c15-11-3-1-2-4-12(11)19-13(10-5-6-16-9-10)14-17-7-8-18-14/h1-4,7-8,10,13,16H,5-6,9H2. The van der Waals surface area contributed by atoms with Gasteiger partial charge in [0.25, 0.3) is 0 Å². The molecule has 2 atom stereocenters. The van der Waals surface area contributed by atoms with Crippen molar-refractivity contribution in [2.75, 3.05) is 13.1 Å². The fourth-order valence-electron chi connectivity index (χ4n) is 2.34. The van der Waals surface area contributed by atoms with Gasteiger partial charge < -0.3 is 14.5 Å². The molecule has 3 rings (SSSR count). The number of para-hydroxylation sites is 1. The molecule has 1 aromatic heterocycles. The van der Waals surface area contributed by atoms with E-state index in [9.17, 15) is 0 Å². The molecule has 100 valence electrons. The lowest BCUT2D eigenvalue weighted by molar-refractivity contribution is 0.114. The lowest BCUT2D eigenvalue weighted by Gasteiger charge is -2.22. The second kappa shape index (κ2) is 5.63. The molecule has 0 amide bonds. The molecule has 1 N–H and O–H groups in total. The summed E-state index contributed by atoms with van der Waals surface area (Å²) in [5.41, 5.74) is 0. The molecule has 1 aliphatic rings. The second-order valence-corrected chi connectivity index (χ2v) is 5.00. The van der Waals surface area contributed by atoms with Gasteiger partial charge >= 0.3 is 0 Å². The molecule has 0 spiro atoms. The average molecular weight is 279 g/mol. The fourth-order valence-corrected chi connectivity index (χ4v) is 2.52. The minimum Gasteiger partial charge on any atom is -0.479 e. The third kappa shape index (κ3) is 2.74. The smallest absolute Gasteiger partial charge is 0.235 e. The molecule has 0 saturated carbocycles. The molecule has 1 aromatic carbocycles. The van der Waals surface area contributed by atoms with Crippen LogP contribution in [0, 0.1) is 5.92 Å². The number of oxazole rings is 1. The third-order valence-corrected chi connectivity index (χ3v) is 3.62. The average Bonchev–Trinajstić information content (AvgIpc) is 3.11. The summed E-state index contributed by atoms with van der Waals surface area (Å²) in [5.74, 6) is 1.61. The van der Waals surface area contributed by atoms with Crippen molar-refractivity contribution in [3.05, 3.63) is 47.6 Å². The number of hydrogen-bond acceptors (Lipinski definition) is 4. The summed E-state index contributed by atoms with van der Waals surface area (Å²) in [6.45, 7) is 1.89. The molecule has 2 unspecified atom stereocenters. The zero-order valence-corrected chi connectivity index (χ0v) is 11.1. The highest BCUT2D eigenvalue weighted by molar-refractivity contribution is 6.32. The van der Waals surface area contributed by atoms with Crippen LogP contribution in [0.25, 0.3) is 0 Å². The van der Waals surface area contributed by atoms with Crippen LogP contribution in [0.15, 0.2) is 41.1 Å². The van der Waals surface area contributed by atoms with Gasteiger partial charge in [0.05, 0.1) is 11.2 Å². The summed E-state index contributed by atoms with van der Waals surface area (Å²) in [5, 5.41) is 3.93. The maximum Gasteiger partial charge on any atom is 0.235 e. The van der Waals surface area contributed by atoms with Gasteiger partial charge in [-0.2, -0.15) is 0 Å². The first kappa shape index (κ1) is 12.5. The predicted molar refractivity (Wildman–Crippen MR) is 72.3 cm³/mol. The van der Waals surface area contributed by atoms with Crippen molar-refractivity contribution in [1.29, 1.82) is 0 Å². The monoisotopic (exact) mass is 278 g/mol. The third-order valence-electron chi connectivity index (χ3n) is 3.31. The van der Waals surface area contributed by atoms with Crippen LogP contribution in [0.5, 0.6) is 5.75 Å². The Morgan fingerprint density at radius 1 is 1.42 bits per heavy atom. The predicted octanol–water partition coefficient (Wildman–Crippen LogP) is 3.06. The minimum atomic E-state index is -0.204. The highest BCUT2D eigenvalue weighted by Gasteiger charge is 2.31. The van der Waals surface area contributed by atoms with Crippen molar-refractivity contribution < 1.29 is 9.15 Å². The van der Waals surface area contributed by atoms with E-state index in [1.54, 1.807) is 12.5 Å². The zero-order valence-electron chi connectivity index (χ0n) is 10.4. The van der Waals surface area contributed by atoms with Gasteiger partial charge in [0.1, 0.15) is 12.0 Å². The molecule has 1 fully saturated rings. The largest absolute Gasteiger partial charge is 0.479 e. The van der Waals surface area contributed by atoms with Crippen LogP contribution in [0.2, 0.25) is 5.02 Å². The number of nitrogens with one attached hydrogen (secondary N) is 1. The number of aromatic nitrogens is 1. The van der Waals surface area contributed by atoms with Crippen LogP contribution in [0.3, 0.4) is 0 Å². The van der Waals surface area contributed by atoms with E-state index >= 15 is 0 Å². The van der Waals surface area contributed by atoms with Crippen molar-refractivity contribution >= 4 is 11.6 Å². The Morgan fingerprint density at radius 2 is 2.32 bits per heavy atom. The van der Waals surface area contributed by atoms with E-state index in [0.29, 0.717) is 22.6 Å². The van der Waals surface area contributed by atoms with Crippen LogP contribution in [-0.4, -0.2) is 18.1 Å². The minimum absolute atomic E-state index is 0.204. The first-order chi connectivity index (χ1) is 9.34. The molecular weight excluding hydrogens is 264 g/mol. The first-order valence-electron chi connectivity index (χ1n) is 6.36. The number of benzene rings is 1. The molecule has 4 nitrogen and oxygen atoms in total. The summed E-state index contributed by atoms with van der Waals surface area (Å²) < 4.78 is 11.5. The summed E-state index contributed by atoms with van der Waals surface area (Å²) in [6, 6.07) is 7.46. The summed E-state index contributed by atoms with van der Waals surface area (Å²) >= 11 is 6.14. The van der Waals surface area contributed by atoms with Crippen molar-refractivity contribution in [2.24, 2.45) is 5.92 Å². The van der Waals surface area contributed by atoms with E-state index in [1.165, 1.54) is 0 Å². The Kier molecular flexibility index (Phi) is 3.71. The van der Waals surface area contributed by atoms with Gasteiger partial charge in [-0.05, 0) is 25.1 Å². The molecule has 0 aliphatic carbocycles. The lowest BCUT2D eigenvalue weighted by atomic mass is 10.0. The van der Waals surface area contributed by atoms with E-state index in [2.05, 4.69) is 10.3 Å². The molecule has 0 radical (unpaired) electrons. The Balaban J connectivity index is 1.85.